The highest BCUT2D eigenvalue weighted by Crippen LogP contribution is 2.25. The van der Waals surface area contributed by atoms with Gasteiger partial charge in [-0.05, 0) is 39.7 Å². The van der Waals surface area contributed by atoms with Crippen LogP contribution in [0.5, 0.6) is 5.75 Å². The molecular formula is C10H8BrNO2. The molecule has 1 aromatic carbocycles. The summed E-state index contributed by atoms with van der Waals surface area (Å²) in [6.07, 6.45) is 6.39. The maximum atomic E-state index is 8.32. The molecule has 1 rings (SSSR count). The van der Waals surface area contributed by atoms with E-state index in [0.717, 1.165) is 10.0 Å². The van der Waals surface area contributed by atoms with Crippen molar-refractivity contribution in [2.24, 2.45) is 5.16 Å². The zero-order chi connectivity index (χ0) is 10.4. The monoisotopic (exact) mass is 253 g/mol. The third kappa shape index (κ3) is 2.79. The van der Waals surface area contributed by atoms with Crippen LogP contribution in [0.1, 0.15) is 5.56 Å². The van der Waals surface area contributed by atoms with Crippen molar-refractivity contribution in [3.8, 4) is 18.1 Å². The minimum Gasteiger partial charge on any atom is -0.480 e. The van der Waals surface area contributed by atoms with Crippen LogP contribution in [0.4, 0.5) is 0 Å². The average molecular weight is 254 g/mol. The van der Waals surface area contributed by atoms with E-state index in [2.05, 4.69) is 27.0 Å². The van der Waals surface area contributed by atoms with Crippen molar-refractivity contribution >= 4 is 22.1 Å². The van der Waals surface area contributed by atoms with Crippen molar-refractivity contribution in [3.05, 3.63) is 28.2 Å². The number of oxime groups is 1. The van der Waals surface area contributed by atoms with Crippen molar-refractivity contribution < 1.29 is 9.94 Å². The molecule has 1 N–H and O–H groups in total. The molecule has 0 fully saturated rings. The number of rotatable bonds is 3. The summed E-state index contributed by atoms with van der Waals surface area (Å²) in [6, 6.07) is 5.28. The Morgan fingerprint density at radius 2 is 2.43 bits per heavy atom. The molecule has 0 amide bonds. The third-order valence-electron chi connectivity index (χ3n) is 1.47. The van der Waals surface area contributed by atoms with Crippen LogP contribution in [0.2, 0.25) is 0 Å². The number of benzene rings is 1. The first kappa shape index (κ1) is 10.6. The molecule has 4 heteroatoms. The first-order chi connectivity index (χ1) is 6.77. The van der Waals surface area contributed by atoms with E-state index < -0.39 is 0 Å². The van der Waals surface area contributed by atoms with Crippen LogP contribution in [0.15, 0.2) is 27.8 Å². The fourth-order valence-corrected chi connectivity index (χ4v) is 1.41. The van der Waals surface area contributed by atoms with Gasteiger partial charge in [0.1, 0.15) is 12.4 Å². The molecule has 0 saturated heterocycles. The minimum absolute atomic E-state index is 0.228. The maximum Gasteiger partial charge on any atom is 0.148 e. The summed E-state index contributed by atoms with van der Waals surface area (Å²) in [5.74, 6) is 3.04. The summed E-state index contributed by atoms with van der Waals surface area (Å²) in [5.41, 5.74) is 0.771. The number of nitrogens with zero attached hydrogens (tertiary/aromatic N) is 1. The fraction of sp³-hybridized carbons (Fsp3) is 0.100. The van der Waals surface area contributed by atoms with Gasteiger partial charge in [-0.3, -0.25) is 0 Å². The molecule has 0 aromatic heterocycles. The van der Waals surface area contributed by atoms with Crippen LogP contribution in [-0.4, -0.2) is 18.0 Å². The molecular weight excluding hydrogens is 246 g/mol. The van der Waals surface area contributed by atoms with Crippen LogP contribution in [0.25, 0.3) is 0 Å². The quantitative estimate of drug-likeness (QED) is 0.389. The lowest BCUT2D eigenvalue weighted by Gasteiger charge is -2.04. The van der Waals surface area contributed by atoms with Crippen LogP contribution in [0.3, 0.4) is 0 Å². The number of hydrogen-bond acceptors (Lipinski definition) is 3. The molecule has 14 heavy (non-hydrogen) atoms. The van der Waals surface area contributed by atoms with Crippen molar-refractivity contribution in [2.45, 2.75) is 0 Å². The second-order valence-electron chi connectivity index (χ2n) is 2.43. The van der Waals surface area contributed by atoms with Gasteiger partial charge in [0.15, 0.2) is 0 Å². The van der Waals surface area contributed by atoms with E-state index in [1.807, 2.05) is 0 Å². The molecule has 0 aliphatic heterocycles. The molecule has 72 valence electrons. The van der Waals surface area contributed by atoms with Crippen molar-refractivity contribution in [2.75, 3.05) is 6.61 Å². The Morgan fingerprint density at radius 1 is 1.64 bits per heavy atom. The minimum atomic E-state index is 0.228. The second-order valence-corrected chi connectivity index (χ2v) is 3.28. The number of hydrogen-bond donors (Lipinski definition) is 1. The Morgan fingerprint density at radius 3 is 3.00 bits per heavy atom. The largest absolute Gasteiger partial charge is 0.480 e. The summed E-state index contributed by atoms with van der Waals surface area (Å²) >= 11 is 3.31. The van der Waals surface area contributed by atoms with E-state index in [4.69, 9.17) is 16.4 Å². The lowest BCUT2D eigenvalue weighted by Crippen LogP contribution is -1.94. The number of ether oxygens (including phenoxy) is 1. The van der Waals surface area contributed by atoms with Gasteiger partial charge in [-0.25, -0.2) is 0 Å². The van der Waals surface area contributed by atoms with Gasteiger partial charge in [-0.1, -0.05) is 11.1 Å². The van der Waals surface area contributed by atoms with Crippen LogP contribution < -0.4 is 4.74 Å². The molecule has 0 aliphatic rings. The van der Waals surface area contributed by atoms with Crippen molar-refractivity contribution in [1.82, 2.24) is 0 Å². The highest BCUT2D eigenvalue weighted by atomic mass is 79.9. The molecule has 0 radical (unpaired) electrons. The van der Waals surface area contributed by atoms with Gasteiger partial charge in [-0.2, -0.15) is 0 Å². The molecule has 1 aromatic rings. The second kappa shape index (κ2) is 5.30. The number of terminal acetylenes is 1. The number of halogens is 1. The SMILES string of the molecule is C#CCOc1ccc(C=NO)cc1Br. The van der Waals surface area contributed by atoms with Crippen LogP contribution >= 0.6 is 15.9 Å². The summed E-state index contributed by atoms with van der Waals surface area (Å²) in [5, 5.41) is 11.2. The molecule has 3 nitrogen and oxygen atoms in total. The Balaban J connectivity index is 2.85. The smallest absolute Gasteiger partial charge is 0.148 e. The first-order valence-corrected chi connectivity index (χ1v) is 4.60. The standard InChI is InChI=1S/C10H8BrNO2/c1-2-5-14-10-4-3-8(7-12-13)6-9(10)11/h1,3-4,6-7,13H,5H2. The summed E-state index contributed by atoms with van der Waals surface area (Å²) in [7, 11) is 0. The highest BCUT2D eigenvalue weighted by Gasteiger charge is 2.00. The van der Waals surface area contributed by atoms with E-state index >= 15 is 0 Å². The van der Waals surface area contributed by atoms with Gasteiger partial charge >= 0.3 is 0 Å². The van der Waals surface area contributed by atoms with Gasteiger partial charge in [0.2, 0.25) is 0 Å². The van der Waals surface area contributed by atoms with E-state index in [9.17, 15) is 0 Å². The zero-order valence-electron chi connectivity index (χ0n) is 7.27. The molecule has 0 saturated carbocycles. The lowest BCUT2D eigenvalue weighted by molar-refractivity contribution is 0.322. The van der Waals surface area contributed by atoms with Gasteiger partial charge in [0, 0.05) is 0 Å². The molecule has 0 aliphatic carbocycles. The molecule has 0 unspecified atom stereocenters. The zero-order valence-corrected chi connectivity index (χ0v) is 8.86. The summed E-state index contributed by atoms with van der Waals surface area (Å²) < 4.78 is 6.00. The van der Waals surface area contributed by atoms with E-state index in [0.29, 0.717) is 5.75 Å². The third-order valence-corrected chi connectivity index (χ3v) is 2.09. The Kier molecular flexibility index (Phi) is 4.02. The van der Waals surface area contributed by atoms with E-state index in [1.54, 1.807) is 18.2 Å². The Bertz CT molecular complexity index is 382. The van der Waals surface area contributed by atoms with Crippen molar-refractivity contribution in [1.29, 1.82) is 0 Å². The lowest BCUT2D eigenvalue weighted by atomic mass is 10.2. The summed E-state index contributed by atoms with van der Waals surface area (Å²) in [6.45, 7) is 0.228. The maximum absolute atomic E-state index is 8.32. The average Bonchev–Trinajstić information content (AvgIpc) is 2.17. The predicted octanol–water partition coefficient (Wildman–Crippen LogP) is 2.27. The topological polar surface area (TPSA) is 41.8 Å². The fourth-order valence-electron chi connectivity index (χ4n) is 0.901. The van der Waals surface area contributed by atoms with Crippen LogP contribution in [0, 0.1) is 12.3 Å². The van der Waals surface area contributed by atoms with Gasteiger partial charge in [-0.15, -0.1) is 6.42 Å². The molecule has 0 atom stereocenters. The van der Waals surface area contributed by atoms with Crippen molar-refractivity contribution in [3.63, 3.8) is 0 Å². The van der Waals surface area contributed by atoms with Gasteiger partial charge in [0.25, 0.3) is 0 Å². The Labute approximate surface area is 90.5 Å². The van der Waals surface area contributed by atoms with E-state index in [-0.39, 0.29) is 6.61 Å². The molecule has 0 heterocycles. The van der Waals surface area contributed by atoms with Gasteiger partial charge < -0.3 is 9.94 Å². The van der Waals surface area contributed by atoms with Crippen LogP contribution in [-0.2, 0) is 0 Å². The van der Waals surface area contributed by atoms with E-state index in [1.165, 1.54) is 6.21 Å². The first-order valence-electron chi connectivity index (χ1n) is 3.81. The normalized spacial score (nSPS) is 10.0. The highest BCUT2D eigenvalue weighted by molar-refractivity contribution is 9.10. The molecule has 0 bridgehead atoms. The predicted molar refractivity (Wildman–Crippen MR) is 57.9 cm³/mol. The van der Waals surface area contributed by atoms with Gasteiger partial charge in [0.05, 0.1) is 10.7 Å². The Hall–Kier alpha value is -1.47. The molecule has 0 spiro atoms. The summed E-state index contributed by atoms with van der Waals surface area (Å²) in [4.78, 5) is 0.